The monoisotopic (exact) mass is 371 g/mol. The molecule has 7 heteroatoms. The van der Waals surface area contributed by atoms with Crippen molar-refractivity contribution in [2.75, 3.05) is 23.7 Å². The summed E-state index contributed by atoms with van der Waals surface area (Å²) in [5.74, 6) is -0.925. The number of aliphatic hydroxyl groups is 1. The van der Waals surface area contributed by atoms with E-state index in [4.69, 9.17) is 0 Å². The van der Waals surface area contributed by atoms with Crippen molar-refractivity contribution in [3.8, 4) is 0 Å². The Morgan fingerprint density at radius 3 is 2.67 bits per heavy atom. The number of urea groups is 1. The van der Waals surface area contributed by atoms with Crippen LogP contribution in [0.1, 0.15) is 18.4 Å². The van der Waals surface area contributed by atoms with Gasteiger partial charge in [0.15, 0.2) is 0 Å². The predicted molar refractivity (Wildman–Crippen MR) is 101 cm³/mol. The second-order valence-electron chi connectivity index (χ2n) is 6.58. The van der Waals surface area contributed by atoms with Crippen LogP contribution in [0, 0.1) is 5.82 Å². The third kappa shape index (κ3) is 5.27. The molecule has 0 aliphatic carbocycles. The summed E-state index contributed by atoms with van der Waals surface area (Å²) in [5.41, 5.74) is 1.20. The van der Waals surface area contributed by atoms with Crippen molar-refractivity contribution < 1.29 is 19.1 Å². The number of β-amino-alcohol motifs (C(OH)–C–C–N with tert-alkyl or cyclic N) is 1. The normalized spacial score (nSPS) is 16.7. The average Bonchev–Trinajstić information content (AvgIpc) is 2.65. The molecule has 1 aliphatic heterocycles. The van der Waals surface area contributed by atoms with Gasteiger partial charge in [-0.1, -0.05) is 30.3 Å². The van der Waals surface area contributed by atoms with Crippen LogP contribution >= 0.6 is 0 Å². The molecule has 1 fully saturated rings. The minimum absolute atomic E-state index is 0.00686. The minimum atomic E-state index is -0.581. The first-order chi connectivity index (χ1) is 13.0. The van der Waals surface area contributed by atoms with Crippen molar-refractivity contribution in [3.05, 3.63) is 59.9 Å². The maximum Gasteiger partial charge on any atom is 0.321 e. The number of halogens is 1. The van der Waals surface area contributed by atoms with Crippen molar-refractivity contribution in [3.63, 3.8) is 0 Å². The Kier molecular flexibility index (Phi) is 6.03. The number of piperidine rings is 1. The fraction of sp³-hybridized carbons (Fsp3) is 0.300. The van der Waals surface area contributed by atoms with E-state index in [1.54, 1.807) is 0 Å². The average molecular weight is 371 g/mol. The first-order valence-corrected chi connectivity index (χ1v) is 8.88. The fourth-order valence-electron chi connectivity index (χ4n) is 3.02. The number of carbonyl (C=O) groups excluding carboxylic acids is 2. The van der Waals surface area contributed by atoms with Gasteiger partial charge in [0.2, 0.25) is 5.91 Å². The van der Waals surface area contributed by atoms with Crippen LogP contribution in [0.2, 0.25) is 0 Å². The molecule has 0 unspecified atom stereocenters. The molecule has 0 spiro atoms. The molecule has 142 valence electrons. The molecule has 6 nitrogen and oxygen atoms in total. The number of nitrogens with one attached hydrogen (secondary N) is 2. The summed E-state index contributed by atoms with van der Waals surface area (Å²) in [4.78, 5) is 26.0. The van der Waals surface area contributed by atoms with E-state index in [1.165, 1.54) is 23.1 Å². The van der Waals surface area contributed by atoms with Gasteiger partial charge in [-0.25, -0.2) is 9.18 Å². The molecule has 1 atom stereocenters. The van der Waals surface area contributed by atoms with Gasteiger partial charge in [-0.2, -0.15) is 0 Å². The fourth-order valence-corrected chi connectivity index (χ4v) is 3.02. The third-order valence-electron chi connectivity index (χ3n) is 4.38. The minimum Gasteiger partial charge on any atom is -0.391 e. The zero-order valence-corrected chi connectivity index (χ0v) is 14.8. The van der Waals surface area contributed by atoms with Gasteiger partial charge >= 0.3 is 6.03 Å². The molecule has 0 radical (unpaired) electrons. The topological polar surface area (TPSA) is 81.7 Å². The van der Waals surface area contributed by atoms with Gasteiger partial charge in [-0.15, -0.1) is 0 Å². The van der Waals surface area contributed by atoms with Gasteiger partial charge in [-0.05, 0) is 36.6 Å². The highest BCUT2D eigenvalue weighted by Crippen LogP contribution is 2.21. The van der Waals surface area contributed by atoms with E-state index in [9.17, 15) is 19.1 Å². The lowest BCUT2D eigenvalue weighted by molar-refractivity contribution is -0.115. The van der Waals surface area contributed by atoms with Crippen molar-refractivity contribution in [1.29, 1.82) is 0 Å². The van der Waals surface area contributed by atoms with Crippen molar-refractivity contribution >= 4 is 23.3 Å². The molecule has 3 N–H and O–H groups in total. The van der Waals surface area contributed by atoms with Gasteiger partial charge < -0.3 is 20.6 Å². The molecule has 3 amide bonds. The number of amides is 3. The first kappa shape index (κ1) is 18.8. The van der Waals surface area contributed by atoms with Gasteiger partial charge in [0.25, 0.3) is 0 Å². The number of likely N-dealkylation sites (tertiary alicyclic amines) is 1. The molecule has 3 rings (SSSR count). The summed E-state index contributed by atoms with van der Waals surface area (Å²) in [7, 11) is 0. The van der Waals surface area contributed by atoms with E-state index in [2.05, 4.69) is 10.6 Å². The number of benzene rings is 2. The highest BCUT2D eigenvalue weighted by atomic mass is 19.1. The molecular weight excluding hydrogens is 349 g/mol. The number of nitrogens with zero attached hydrogens (tertiary/aromatic N) is 1. The Balaban J connectivity index is 1.63. The van der Waals surface area contributed by atoms with Gasteiger partial charge in [0.1, 0.15) is 5.82 Å². The zero-order valence-electron chi connectivity index (χ0n) is 14.8. The first-order valence-electron chi connectivity index (χ1n) is 8.88. The molecular formula is C20H22FN3O3. The molecule has 1 heterocycles. The number of hydrogen-bond donors (Lipinski definition) is 3. The van der Waals surface area contributed by atoms with Crippen LogP contribution < -0.4 is 10.6 Å². The second kappa shape index (κ2) is 8.64. The standard InChI is InChI=1S/C20H22FN3O3/c21-17-9-8-15(22-20(27)24-10-4-7-16(25)13-24)12-18(17)23-19(26)11-14-5-2-1-3-6-14/h1-3,5-6,8-9,12,16,25H,4,7,10-11,13H2,(H,22,27)(H,23,26)/t16-/m0/s1. The lowest BCUT2D eigenvalue weighted by Crippen LogP contribution is -2.44. The smallest absolute Gasteiger partial charge is 0.321 e. The van der Waals surface area contributed by atoms with Crippen LogP contribution in [-0.2, 0) is 11.2 Å². The highest BCUT2D eigenvalue weighted by Gasteiger charge is 2.22. The van der Waals surface area contributed by atoms with Crippen molar-refractivity contribution in [2.24, 2.45) is 0 Å². The van der Waals surface area contributed by atoms with Crippen LogP contribution in [0.4, 0.5) is 20.6 Å². The maximum absolute atomic E-state index is 14.0. The van der Waals surface area contributed by atoms with Gasteiger partial charge in [0, 0.05) is 18.8 Å². The largest absolute Gasteiger partial charge is 0.391 e. The van der Waals surface area contributed by atoms with E-state index in [0.29, 0.717) is 18.7 Å². The SMILES string of the molecule is O=C(Cc1ccccc1)Nc1cc(NC(=O)N2CCC[C@H](O)C2)ccc1F. The van der Waals surface area contributed by atoms with Crippen LogP contribution in [0.15, 0.2) is 48.5 Å². The lowest BCUT2D eigenvalue weighted by atomic mass is 10.1. The quantitative estimate of drug-likeness (QED) is 0.773. The third-order valence-corrected chi connectivity index (χ3v) is 4.38. The summed E-state index contributed by atoms with van der Waals surface area (Å²) < 4.78 is 14.0. The molecule has 1 aliphatic rings. The summed E-state index contributed by atoms with van der Waals surface area (Å²) >= 11 is 0. The summed E-state index contributed by atoms with van der Waals surface area (Å²) in [5, 5.41) is 14.9. The Hall–Kier alpha value is -2.93. The van der Waals surface area contributed by atoms with Gasteiger partial charge in [0.05, 0.1) is 18.2 Å². The number of carbonyl (C=O) groups is 2. The Bertz CT molecular complexity index is 813. The predicted octanol–water partition coefficient (Wildman–Crippen LogP) is 3.00. The van der Waals surface area contributed by atoms with Crippen LogP contribution in [0.5, 0.6) is 0 Å². The Morgan fingerprint density at radius 1 is 1.15 bits per heavy atom. The second-order valence-corrected chi connectivity index (χ2v) is 6.58. The van der Waals surface area contributed by atoms with Crippen molar-refractivity contribution in [2.45, 2.75) is 25.4 Å². The Morgan fingerprint density at radius 2 is 1.93 bits per heavy atom. The molecule has 27 heavy (non-hydrogen) atoms. The molecule has 2 aromatic rings. The van der Waals surface area contributed by atoms with E-state index >= 15 is 0 Å². The van der Waals surface area contributed by atoms with E-state index in [1.807, 2.05) is 30.3 Å². The molecule has 1 saturated heterocycles. The number of aliphatic hydroxyl groups excluding tert-OH is 1. The summed E-state index contributed by atoms with van der Waals surface area (Å²) in [6.45, 7) is 0.832. The number of anilines is 2. The zero-order chi connectivity index (χ0) is 19.2. The maximum atomic E-state index is 14.0. The number of rotatable bonds is 4. The van der Waals surface area contributed by atoms with Crippen LogP contribution in [-0.4, -0.2) is 41.1 Å². The molecule has 2 aromatic carbocycles. The summed E-state index contributed by atoms with van der Waals surface area (Å²) in [6, 6.07) is 12.8. The van der Waals surface area contributed by atoms with Gasteiger partial charge in [-0.3, -0.25) is 4.79 Å². The van der Waals surface area contributed by atoms with Crippen molar-refractivity contribution in [1.82, 2.24) is 4.90 Å². The van der Waals surface area contributed by atoms with E-state index in [0.717, 1.165) is 12.0 Å². The van der Waals surface area contributed by atoms with Crippen LogP contribution in [0.3, 0.4) is 0 Å². The highest BCUT2D eigenvalue weighted by molar-refractivity contribution is 5.94. The molecule has 0 saturated carbocycles. The number of hydrogen-bond acceptors (Lipinski definition) is 3. The Labute approximate surface area is 157 Å². The molecule has 0 aromatic heterocycles. The van der Waals surface area contributed by atoms with E-state index < -0.39 is 11.9 Å². The lowest BCUT2D eigenvalue weighted by Gasteiger charge is -2.30. The summed E-state index contributed by atoms with van der Waals surface area (Å²) in [6.07, 6.45) is 1.02. The molecule has 0 bridgehead atoms. The van der Waals surface area contributed by atoms with E-state index in [-0.39, 0.29) is 30.6 Å². The van der Waals surface area contributed by atoms with Crippen LogP contribution in [0.25, 0.3) is 0 Å².